The van der Waals surface area contributed by atoms with Gasteiger partial charge in [0.2, 0.25) is 5.56 Å². The zero-order chi connectivity index (χ0) is 18.8. The van der Waals surface area contributed by atoms with Crippen molar-refractivity contribution in [3.05, 3.63) is 69.1 Å². The number of nitrogens with zero attached hydrogens (tertiary/aromatic N) is 2. The Labute approximate surface area is 148 Å². The number of amides is 2. The van der Waals surface area contributed by atoms with Crippen molar-refractivity contribution in [2.75, 3.05) is 26.2 Å². The molecule has 1 aromatic heterocycles. The fourth-order valence-corrected chi connectivity index (χ4v) is 2.82. The number of rotatable bonds is 2. The highest BCUT2D eigenvalue weighted by Crippen LogP contribution is 2.17. The van der Waals surface area contributed by atoms with Gasteiger partial charge in [0.15, 0.2) is 0 Å². The summed E-state index contributed by atoms with van der Waals surface area (Å²) in [5.41, 5.74) is -0.135. The largest absolute Gasteiger partial charge is 0.335 e. The van der Waals surface area contributed by atoms with Crippen molar-refractivity contribution in [1.29, 1.82) is 0 Å². The monoisotopic (exact) mass is 361 g/mol. The molecule has 1 aliphatic rings. The highest BCUT2D eigenvalue weighted by atomic mass is 19.1. The minimum atomic E-state index is -0.763. The summed E-state index contributed by atoms with van der Waals surface area (Å²) >= 11 is 0. The molecule has 1 fully saturated rings. The van der Waals surface area contributed by atoms with Gasteiger partial charge in [-0.15, -0.1) is 0 Å². The van der Waals surface area contributed by atoms with Crippen LogP contribution in [-0.4, -0.2) is 52.8 Å². The maximum Gasteiger partial charge on any atom is 0.257 e. The molecule has 0 unspecified atom stereocenters. The van der Waals surface area contributed by atoms with Crippen molar-refractivity contribution in [1.82, 2.24) is 14.8 Å². The van der Waals surface area contributed by atoms with Gasteiger partial charge in [-0.2, -0.15) is 0 Å². The number of pyridine rings is 1. The number of piperazine rings is 1. The molecule has 1 aromatic carbocycles. The molecule has 1 saturated heterocycles. The van der Waals surface area contributed by atoms with Gasteiger partial charge in [-0.25, -0.2) is 8.78 Å². The summed E-state index contributed by atoms with van der Waals surface area (Å²) in [6.07, 6.45) is 1.34. The lowest BCUT2D eigenvalue weighted by molar-refractivity contribution is 0.0532. The Morgan fingerprint density at radius 3 is 2.15 bits per heavy atom. The number of aromatic amines is 1. The molecule has 6 nitrogen and oxygen atoms in total. The number of hydrogen-bond donors (Lipinski definition) is 1. The first-order valence-corrected chi connectivity index (χ1v) is 8.10. The van der Waals surface area contributed by atoms with Gasteiger partial charge in [-0.3, -0.25) is 14.4 Å². The summed E-state index contributed by atoms with van der Waals surface area (Å²) in [5, 5.41) is 0. The summed E-state index contributed by atoms with van der Waals surface area (Å²) in [5.74, 6) is -2.26. The Morgan fingerprint density at radius 1 is 0.962 bits per heavy atom. The number of nitrogens with one attached hydrogen (secondary N) is 1. The average molecular weight is 361 g/mol. The standard InChI is InChI=1S/C18H17F2N3O3/c1-11-8-15(20)13(9-14(11)19)18(26)23-6-4-22(5-7-23)17(25)12-2-3-16(24)21-10-12/h2-3,8-10H,4-7H2,1H3,(H,21,24). The van der Waals surface area contributed by atoms with E-state index in [4.69, 9.17) is 0 Å². The van der Waals surface area contributed by atoms with E-state index in [2.05, 4.69) is 4.98 Å². The van der Waals surface area contributed by atoms with Crippen LogP contribution in [0.3, 0.4) is 0 Å². The third-order valence-electron chi connectivity index (χ3n) is 4.36. The summed E-state index contributed by atoms with van der Waals surface area (Å²) in [6, 6.07) is 4.61. The van der Waals surface area contributed by atoms with Crippen molar-refractivity contribution in [3.8, 4) is 0 Å². The van der Waals surface area contributed by atoms with Gasteiger partial charge in [-0.05, 0) is 30.7 Å². The fourth-order valence-electron chi connectivity index (χ4n) is 2.82. The number of benzene rings is 1. The number of aryl methyl sites for hydroxylation is 1. The van der Waals surface area contributed by atoms with Crippen LogP contribution < -0.4 is 5.56 Å². The molecule has 2 amide bonds. The van der Waals surface area contributed by atoms with Gasteiger partial charge in [-0.1, -0.05) is 0 Å². The van der Waals surface area contributed by atoms with Crippen molar-refractivity contribution in [3.63, 3.8) is 0 Å². The summed E-state index contributed by atoms with van der Waals surface area (Å²) in [7, 11) is 0. The number of carbonyl (C=O) groups excluding carboxylic acids is 2. The molecule has 2 aromatic rings. The average Bonchev–Trinajstić information content (AvgIpc) is 2.64. The Hall–Kier alpha value is -3.03. The van der Waals surface area contributed by atoms with Gasteiger partial charge < -0.3 is 14.8 Å². The van der Waals surface area contributed by atoms with Crippen molar-refractivity contribution < 1.29 is 18.4 Å². The van der Waals surface area contributed by atoms with E-state index >= 15 is 0 Å². The van der Waals surface area contributed by atoms with Gasteiger partial charge in [0, 0.05) is 38.4 Å². The SMILES string of the molecule is Cc1cc(F)c(C(=O)N2CCN(C(=O)c3ccc(=O)[nH]c3)CC2)cc1F. The van der Waals surface area contributed by atoms with Crippen LogP contribution in [0.15, 0.2) is 35.3 Å². The highest BCUT2D eigenvalue weighted by Gasteiger charge is 2.27. The molecule has 1 aliphatic heterocycles. The lowest BCUT2D eigenvalue weighted by Gasteiger charge is -2.34. The van der Waals surface area contributed by atoms with Gasteiger partial charge >= 0.3 is 0 Å². The third kappa shape index (κ3) is 3.49. The maximum atomic E-state index is 14.0. The van der Waals surface area contributed by atoms with E-state index in [0.717, 1.165) is 12.1 Å². The van der Waals surface area contributed by atoms with E-state index in [1.807, 2.05) is 0 Å². The topological polar surface area (TPSA) is 73.5 Å². The molecule has 0 radical (unpaired) electrons. The second kappa shape index (κ2) is 7.07. The quantitative estimate of drug-likeness (QED) is 0.882. The molecule has 0 atom stereocenters. The first kappa shape index (κ1) is 17.8. The first-order chi connectivity index (χ1) is 12.4. The maximum absolute atomic E-state index is 14.0. The number of hydrogen-bond acceptors (Lipinski definition) is 3. The highest BCUT2D eigenvalue weighted by molar-refractivity contribution is 5.96. The molecule has 2 heterocycles. The van der Waals surface area contributed by atoms with Gasteiger partial charge in [0.1, 0.15) is 11.6 Å². The Kier molecular flexibility index (Phi) is 4.83. The molecule has 0 aliphatic carbocycles. The molecule has 136 valence electrons. The van der Waals surface area contributed by atoms with E-state index < -0.39 is 17.5 Å². The van der Waals surface area contributed by atoms with Crippen LogP contribution in [0.2, 0.25) is 0 Å². The second-order valence-corrected chi connectivity index (χ2v) is 6.11. The lowest BCUT2D eigenvalue weighted by Crippen LogP contribution is -2.50. The Bertz CT molecular complexity index is 898. The zero-order valence-electron chi connectivity index (χ0n) is 14.1. The zero-order valence-corrected chi connectivity index (χ0v) is 14.1. The number of carbonyl (C=O) groups is 2. The van der Waals surface area contributed by atoms with Crippen LogP contribution in [-0.2, 0) is 0 Å². The number of halogens is 2. The smallest absolute Gasteiger partial charge is 0.257 e. The summed E-state index contributed by atoms with van der Waals surface area (Å²) in [6.45, 7) is 2.37. The number of aromatic nitrogens is 1. The summed E-state index contributed by atoms with van der Waals surface area (Å²) in [4.78, 5) is 41.3. The van der Waals surface area contributed by atoms with Crippen molar-refractivity contribution in [2.45, 2.75) is 6.92 Å². The van der Waals surface area contributed by atoms with E-state index in [0.29, 0.717) is 5.56 Å². The molecule has 1 N–H and O–H groups in total. The molecular weight excluding hydrogens is 344 g/mol. The number of H-pyrrole nitrogens is 1. The van der Waals surface area contributed by atoms with E-state index in [1.165, 1.54) is 30.2 Å². The minimum Gasteiger partial charge on any atom is -0.335 e. The van der Waals surface area contributed by atoms with Crippen molar-refractivity contribution in [2.24, 2.45) is 0 Å². The summed E-state index contributed by atoms with van der Waals surface area (Å²) < 4.78 is 27.6. The van der Waals surface area contributed by atoms with Crippen LogP contribution in [0, 0.1) is 18.6 Å². The van der Waals surface area contributed by atoms with Crippen LogP contribution >= 0.6 is 0 Å². The van der Waals surface area contributed by atoms with Crippen LogP contribution in [0.5, 0.6) is 0 Å². The van der Waals surface area contributed by atoms with Crippen LogP contribution in [0.1, 0.15) is 26.3 Å². The second-order valence-electron chi connectivity index (χ2n) is 6.11. The molecule has 0 bridgehead atoms. The lowest BCUT2D eigenvalue weighted by atomic mass is 10.1. The normalized spacial score (nSPS) is 14.4. The Morgan fingerprint density at radius 2 is 1.58 bits per heavy atom. The van der Waals surface area contributed by atoms with Crippen molar-refractivity contribution >= 4 is 11.8 Å². The molecule has 26 heavy (non-hydrogen) atoms. The van der Waals surface area contributed by atoms with Crippen LogP contribution in [0.25, 0.3) is 0 Å². The minimum absolute atomic E-state index is 0.135. The van der Waals surface area contributed by atoms with E-state index in [1.54, 1.807) is 4.90 Å². The molecular formula is C18H17F2N3O3. The van der Waals surface area contributed by atoms with Gasteiger partial charge in [0.25, 0.3) is 11.8 Å². The van der Waals surface area contributed by atoms with Gasteiger partial charge in [0.05, 0.1) is 11.1 Å². The Balaban J connectivity index is 1.67. The molecule has 3 rings (SSSR count). The van der Waals surface area contributed by atoms with E-state index in [-0.39, 0.29) is 48.8 Å². The third-order valence-corrected chi connectivity index (χ3v) is 4.36. The predicted molar refractivity (Wildman–Crippen MR) is 90.0 cm³/mol. The molecule has 8 heteroatoms. The first-order valence-electron chi connectivity index (χ1n) is 8.10. The van der Waals surface area contributed by atoms with Crippen LogP contribution in [0.4, 0.5) is 8.78 Å². The van der Waals surface area contributed by atoms with E-state index in [9.17, 15) is 23.2 Å². The molecule has 0 saturated carbocycles. The predicted octanol–water partition coefficient (Wildman–Crippen LogP) is 1.56. The molecule has 0 spiro atoms. The fraction of sp³-hybridized carbons (Fsp3) is 0.278.